The van der Waals surface area contributed by atoms with E-state index in [1.807, 2.05) is 6.07 Å². The highest BCUT2D eigenvalue weighted by atomic mass is 15.5. The van der Waals surface area contributed by atoms with Crippen molar-refractivity contribution >= 4 is 11.0 Å². The molecule has 1 fully saturated rings. The van der Waals surface area contributed by atoms with Gasteiger partial charge in [-0.05, 0) is 71.6 Å². The van der Waals surface area contributed by atoms with Crippen molar-refractivity contribution in [1.82, 2.24) is 40.4 Å². The molecule has 8 rings (SSSR count). The summed E-state index contributed by atoms with van der Waals surface area (Å²) in [6, 6.07) is 38.3. The van der Waals surface area contributed by atoms with Crippen LogP contribution in [0.1, 0.15) is 71.9 Å². The molecule has 1 saturated carbocycles. The number of aromatic nitrogens is 8. The Morgan fingerprint density at radius 3 is 1.90 bits per heavy atom. The summed E-state index contributed by atoms with van der Waals surface area (Å²) in [4.78, 5) is 5.55. The number of aryl methyl sites for hydroxylation is 4. The van der Waals surface area contributed by atoms with Gasteiger partial charge in [0, 0.05) is 11.5 Å². The van der Waals surface area contributed by atoms with Gasteiger partial charge in [0.2, 0.25) is 5.82 Å². The molecule has 0 amide bonds. The van der Waals surface area contributed by atoms with Crippen molar-refractivity contribution < 1.29 is 0 Å². The summed E-state index contributed by atoms with van der Waals surface area (Å²) in [5, 5.41) is 25.0. The van der Waals surface area contributed by atoms with Crippen LogP contribution in [-0.2, 0) is 32.2 Å². The Kier molecular flexibility index (Phi) is 9.00. The SMILES string of the molecule is c1ccc(CCc2nnc(CCc3ccccc3)c3c2nc(C2CCCCC2)n3Cc2ccccc2-c2ccccc2-c2nn[nH]n2)cc1. The molecule has 0 radical (unpaired) electrons. The minimum atomic E-state index is 0.406. The number of nitrogens with one attached hydrogen (secondary N) is 1. The zero-order valence-corrected chi connectivity index (χ0v) is 27.7. The summed E-state index contributed by atoms with van der Waals surface area (Å²) < 4.78 is 2.50. The van der Waals surface area contributed by atoms with E-state index < -0.39 is 0 Å². The maximum Gasteiger partial charge on any atom is 0.205 e. The van der Waals surface area contributed by atoms with Gasteiger partial charge in [0.15, 0.2) is 0 Å². The van der Waals surface area contributed by atoms with E-state index in [9.17, 15) is 0 Å². The van der Waals surface area contributed by atoms with Gasteiger partial charge in [-0.25, -0.2) is 4.98 Å². The minimum absolute atomic E-state index is 0.406. The van der Waals surface area contributed by atoms with Crippen LogP contribution in [0.25, 0.3) is 33.5 Å². The quantitative estimate of drug-likeness (QED) is 0.152. The van der Waals surface area contributed by atoms with Crippen LogP contribution >= 0.6 is 0 Å². The van der Waals surface area contributed by atoms with Crippen molar-refractivity contribution in [3.63, 3.8) is 0 Å². The number of nitrogens with zero attached hydrogens (tertiary/aromatic N) is 7. The van der Waals surface area contributed by atoms with E-state index in [1.54, 1.807) is 0 Å². The lowest BCUT2D eigenvalue weighted by molar-refractivity contribution is 0.420. The van der Waals surface area contributed by atoms with E-state index in [0.29, 0.717) is 18.3 Å². The maximum atomic E-state index is 5.55. The number of rotatable bonds is 11. The average molecular weight is 645 g/mol. The molecular weight excluding hydrogens is 605 g/mol. The van der Waals surface area contributed by atoms with E-state index >= 15 is 0 Å². The highest BCUT2D eigenvalue weighted by Gasteiger charge is 2.27. The lowest BCUT2D eigenvalue weighted by Gasteiger charge is -2.23. The number of imidazole rings is 1. The molecule has 3 heterocycles. The van der Waals surface area contributed by atoms with Crippen LogP contribution in [0.5, 0.6) is 0 Å². The Balaban J connectivity index is 1.27. The topological polar surface area (TPSA) is 98.1 Å². The molecule has 4 aromatic carbocycles. The van der Waals surface area contributed by atoms with Gasteiger partial charge in [0.1, 0.15) is 11.3 Å². The molecule has 0 saturated heterocycles. The van der Waals surface area contributed by atoms with Crippen LogP contribution in [-0.4, -0.2) is 40.4 Å². The summed E-state index contributed by atoms with van der Waals surface area (Å²) in [5.74, 6) is 2.17. The maximum absolute atomic E-state index is 5.55. The molecule has 244 valence electrons. The van der Waals surface area contributed by atoms with Crippen LogP contribution in [0, 0.1) is 0 Å². The molecule has 0 bridgehead atoms. The molecular formula is C41H40N8. The molecule has 1 aliphatic carbocycles. The Labute approximate surface area is 286 Å². The van der Waals surface area contributed by atoms with Crippen molar-refractivity contribution in [3.8, 4) is 22.5 Å². The van der Waals surface area contributed by atoms with Crippen LogP contribution in [0.15, 0.2) is 109 Å². The van der Waals surface area contributed by atoms with Crippen molar-refractivity contribution in [3.05, 3.63) is 143 Å². The number of H-pyrrole nitrogens is 1. The number of aromatic amines is 1. The first-order chi connectivity index (χ1) is 24.3. The van der Waals surface area contributed by atoms with E-state index in [1.165, 1.54) is 41.8 Å². The van der Waals surface area contributed by atoms with Crippen LogP contribution < -0.4 is 0 Å². The molecule has 0 aliphatic heterocycles. The number of benzene rings is 4. The lowest BCUT2D eigenvalue weighted by Crippen LogP contribution is -2.14. The molecule has 0 unspecified atom stereocenters. The highest BCUT2D eigenvalue weighted by molar-refractivity contribution is 5.83. The fourth-order valence-corrected chi connectivity index (χ4v) is 7.44. The number of hydrogen-bond acceptors (Lipinski definition) is 6. The van der Waals surface area contributed by atoms with Crippen molar-refractivity contribution in [2.24, 2.45) is 0 Å². The largest absolute Gasteiger partial charge is 0.322 e. The van der Waals surface area contributed by atoms with Crippen molar-refractivity contribution in [1.29, 1.82) is 0 Å². The molecule has 3 aromatic heterocycles. The van der Waals surface area contributed by atoms with Gasteiger partial charge in [-0.15, -0.1) is 10.2 Å². The first-order valence-corrected chi connectivity index (χ1v) is 17.6. The second kappa shape index (κ2) is 14.3. The fraction of sp³-hybridized carbons (Fsp3) is 0.268. The van der Waals surface area contributed by atoms with Crippen molar-refractivity contribution in [2.45, 2.75) is 70.3 Å². The number of hydrogen-bond donors (Lipinski definition) is 1. The Morgan fingerprint density at radius 2 is 1.20 bits per heavy atom. The van der Waals surface area contributed by atoms with E-state index in [2.05, 4.69) is 128 Å². The van der Waals surface area contributed by atoms with E-state index in [4.69, 9.17) is 15.2 Å². The number of tetrazole rings is 1. The first kappa shape index (κ1) is 30.8. The highest BCUT2D eigenvalue weighted by Crippen LogP contribution is 2.38. The van der Waals surface area contributed by atoms with Gasteiger partial charge in [0.25, 0.3) is 0 Å². The van der Waals surface area contributed by atoms with E-state index in [0.717, 1.165) is 77.6 Å². The lowest BCUT2D eigenvalue weighted by atomic mass is 9.88. The Bertz CT molecular complexity index is 2130. The number of fused-ring (bicyclic) bond motifs is 1. The summed E-state index contributed by atoms with van der Waals surface area (Å²) in [7, 11) is 0. The van der Waals surface area contributed by atoms with Gasteiger partial charge in [-0.3, -0.25) is 0 Å². The standard InChI is InChI=1S/C41H40N8/c1-4-14-29(15-5-1)24-26-36-38-39(37(44-43-36)27-25-30-16-6-2-7-17-30)49(41(42-38)31-18-8-3-9-19-31)28-32-20-10-11-21-33(32)34-22-12-13-23-35(34)40-45-47-48-46-40/h1-2,4-7,10-17,20-23,31H,3,8-9,18-19,24-28H2,(H,45,46,47,48). The second-order valence-corrected chi connectivity index (χ2v) is 13.1. The molecule has 0 spiro atoms. The van der Waals surface area contributed by atoms with Gasteiger partial charge >= 0.3 is 0 Å². The zero-order valence-electron chi connectivity index (χ0n) is 27.7. The van der Waals surface area contributed by atoms with E-state index in [-0.39, 0.29) is 0 Å². The molecule has 8 heteroatoms. The van der Waals surface area contributed by atoms with Gasteiger partial charge in [-0.2, -0.15) is 15.4 Å². The van der Waals surface area contributed by atoms with Gasteiger partial charge < -0.3 is 4.57 Å². The first-order valence-electron chi connectivity index (χ1n) is 17.6. The molecule has 49 heavy (non-hydrogen) atoms. The van der Waals surface area contributed by atoms with Crippen LogP contribution in [0.3, 0.4) is 0 Å². The Morgan fingerprint density at radius 1 is 0.592 bits per heavy atom. The third kappa shape index (κ3) is 6.64. The summed E-state index contributed by atoms with van der Waals surface area (Å²) in [5.41, 5.74) is 11.1. The van der Waals surface area contributed by atoms with Crippen molar-refractivity contribution in [2.75, 3.05) is 0 Å². The third-order valence-electron chi connectivity index (χ3n) is 9.94. The van der Waals surface area contributed by atoms with Gasteiger partial charge in [0.05, 0.1) is 23.4 Å². The zero-order chi connectivity index (χ0) is 32.8. The molecule has 1 aliphatic rings. The predicted molar refractivity (Wildman–Crippen MR) is 193 cm³/mol. The van der Waals surface area contributed by atoms with Crippen LogP contribution in [0.2, 0.25) is 0 Å². The fourth-order valence-electron chi connectivity index (χ4n) is 7.44. The smallest absolute Gasteiger partial charge is 0.205 e. The monoisotopic (exact) mass is 644 g/mol. The average Bonchev–Trinajstić information content (AvgIpc) is 3.84. The molecule has 1 N–H and O–H groups in total. The minimum Gasteiger partial charge on any atom is -0.322 e. The Hall–Kier alpha value is -5.50. The molecule has 8 nitrogen and oxygen atoms in total. The third-order valence-corrected chi connectivity index (χ3v) is 9.94. The summed E-state index contributed by atoms with van der Waals surface area (Å²) in [6.07, 6.45) is 9.47. The van der Waals surface area contributed by atoms with Crippen LogP contribution in [0.4, 0.5) is 0 Å². The molecule has 0 atom stereocenters. The second-order valence-electron chi connectivity index (χ2n) is 13.1. The molecule has 7 aromatic rings. The van der Waals surface area contributed by atoms with Gasteiger partial charge in [-0.1, -0.05) is 128 Å². The summed E-state index contributed by atoms with van der Waals surface area (Å²) >= 11 is 0. The summed E-state index contributed by atoms with van der Waals surface area (Å²) in [6.45, 7) is 0.682. The predicted octanol–water partition coefficient (Wildman–Crippen LogP) is 8.34. The normalized spacial score (nSPS) is 13.6.